The predicted octanol–water partition coefficient (Wildman–Crippen LogP) is 3.34. The molecule has 0 aliphatic rings. The second-order valence-electron chi connectivity index (χ2n) is 5.07. The Morgan fingerprint density at radius 2 is 2.00 bits per heavy atom. The molecule has 0 radical (unpaired) electrons. The van der Waals surface area contributed by atoms with Crippen LogP contribution in [-0.2, 0) is 0 Å². The topological polar surface area (TPSA) is 65.9 Å². The van der Waals surface area contributed by atoms with Crippen LogP contribution in [0.3, 0.4) is 0 Å². The van der Waals surface area contributed by atoms with Gasteiger partial charge in [0.15, 0.2) is 16.6 Å². The van der Waals surface area contributed by atoms with Gasteiger partial charge in [0, 0.05) is 5.69 Å². The minimum Gasteiger partial charge on any atom is -0.504 e. The maximum Gasteiger partial charge on any atom is 0.191 e. The van der Waals surface area contributed by atoms with Crippen LogP contribution in [0, 0.1) is 13.8 Å². The third kappa shape index (κ3) is 4.69. The number of nitrogens with one attached hydrogen (secondary N) is 2. The standard InChI is InChI=1S/C17H19N3O2S/c1-11-4-6-14(12(2)8-11)19-17(23)20-18-10-13-5-7-16(22-3)15(21)9-13/h4-10,21H,1-3H3,(H2,19,20,23). The highest BCUT2D eigenvalue weighted by molar-refractivity contribution is 7.80. The first kappa shape index (κ1) is 16.8. The number of benzene rings is 2. The molecule has 0 spiro atoms. The smallest absolute Gasteiger partial charge is 0.191 e. The van der Waals surface area contributed by atoms with E-state index in [-0.39, 0.29) is 5.75 Å². The lowest BCUT2D eigenvalue weighted by atomic mass is 10.1. The van der Waals surface area contributed by atoms with E-state index in [2.05, 4.69) is 21.9 Å². The summed E-state index contributed by atoms with van der Waals surface area (Å²) in [5, 5.41) is 17.2. The third-order valence-electron chi connectivity index (χ3n) is 3.21. The average molecular weight is 329 g/mol. The lowest BCUT2D eigenvalue weighted by molar-refractivity contribution is 0.373. The van der Waals surface area contributed by atoms with Crippen LogP contribution in [0.25, 0.3) is 0 Å². The second-order valence-corrected chi connectivity index (χ2v) is 5.48. The van der Waals surface area contributed by atoms with Crippen LogP contribution in [0.2, 0.25) is 0 Å². The first-order valence-electron chi connectivity index (χ1n) is 7.04. The highest BCUT2D eigenvalue weighted by atomic mass is 32.1. The Labute approximate surface area is 141 Å². The third-order valence-corrected chi connectivity index (χ3v) is 3.41. The second kappa shape index (κ2) is 7.60. The first-order chi connectivity index (χ1) is 11.0. The molecule has 0 saturated carbocycles. The highest BCUT2D eigenvalue weighted by Gasteiger charge is 2.02. The van der Waals surface area contributed by atoms with Gasteiger partial charge in [-0.3, -0.25) is 5.43 Å². The van der Waals surface area contributed by atoms with Crippen molar-refractivity contribution in [2.45, 2.75) is 13.8 Å². The van der Waals surface area contributed by atoms with E-state index < -0.39 is 0 Å². The summed E-state index contributed by atoms with van der Waals surface area (Å²) < 4.78 is 4.99. The average Bonchev–Trinajstić information content (AvgIpc) is 2.50. The number of rotatable bonds is 4. The summed E-state index contributed by atoms with van der Waals surface area (Å²) in [6, 6.07) is 11.1. The monoisotopic (exact) mass is 329 g/mol. The Balaban J connectivity index is 1.94. The first-order valence-corrected chi connectivity index (χ1v) is 7.44. The molecule has 3 N–H and O–H groups in total. The van der Waals surface area contributed by atoms with Crippen molar-refractivity contribution in [3.8, 4) is 11.5 Å². The Morgan fingerprint density at radius 1 is 1.22 bits per heavy atom. The van der Waals surface area contributed by atoms with E-state index in [0.29, 0.717) is 10.9 Å². The molecular formula is C17H19N3O2S. The molecule has 2 rings (SSSR count). The summed E-state index contributed by atoms with van der Waals surface area (Å²) in [4.78, 5) is 0. The quantitative estimate of drug-likeness (QED) is 0.456. The summed E-state index contributed by atoms with van der Waals surface area (Å²) in [5.41, 5.74) is 6.72. The number of anilines is 1. The number of hydrogen-bond donors (Lipinski definition) is 3. The van der Waals surface area contributed by atoms with Gasteiger partial charge in [-0.15, -0.1) is 0 Å². The number of phenolic OH excluding ortho intramolecular Hbond substituents is 1. The fraction of sp³-hybridized carbons (Fsp3) is 0.176. The molecule has 23 heavy (non-hydrogen) atoms. The van der Waals surface area contributed by atoms with Crippen molar-refractivity contribution in [1.82, 2.24) is 5.43 Å². The maximum atomic E-state index is 9.70. The van der Waals surface area contributed by atoms with E-state index in [1.807, 2.05) is 26.0 Å². The van der Waals surface area contributed by atoms with Gasteiger partial charge in [0.25, 0.3) is 0 Å². The number of methoxy groups -OCH3 is 1. The van der Waals surface area contributed by atoms with Crippen LogP contribution in [-0.4, -0.2) is 23.5 Å². The van der Waals surface area contributed by atoms with Crippen molar-refractivity contribution >= 4 is 29.2 Å². The number of phenols is 1. The number of ether oxygens (including phenoxy) is 1. The molecule has 6 heteroatoms. The zero-order chi connectivity index (χ0) is 16.8. The molecule has 0 fully saturated rings. The summed E-state index contributed by atoms with van der Waals surface area (Å²) in [5.74, 6) is 0.481. The normalized spacial score (nSPS) is 10.6. The number of aryl methyl sites for hydroxylation is 2. The predicted molar refractivity (Wildman–Crippen MR) is 97.5 cm³/mol. The zero-order valence-corrected chi connectivity index (χ0v) is 14.1. The van der Waals surface area contributed by atoms with Crippen molar-refractivity contribution in [1.29, 1.82) is 0 Å². The number of nitrogens with zero attached hydrogens (tertiary/aromatic N) is 1. The molecule has 0 atom stereocenters. The number of hydrogen-bond acceptors (Lipinski definition) is 4. The van der Waals surface area contributed by atoms with Gasteiger partial charge in [0.2, 0.25) is 0 Å². The van der Waals surface area contributed by atoms with E-state index in [0.717, 1.165) is 16.8 Å². The zero-order valence-electron chi connectivity index (χ0n) is 13.3. The molecule has 0 aromatic heterocycles. The van der Waals surface area contributed by atoms with Crippen LogP contribution in [0.1, 0.15) is 16.7 Å². The molecule has 0 unspecified atom stereocenters. The van der Waals surface area contributed by atoms with E-state index in [1.165, 1.54) is 12.7 Å². The lowest BCUT2D eigenvalue weighted by Gasteiger charge is -2.10. The lowest BCUT2D eigenvalue weighted by Crippen LogP contribution is -2.24. The van der Waals surface area contributed by atoms with E-state index in [1.54, 1.807) is 24.4 Å². The molecule has 0 aliphatic heterocycles. The maximum absolute atomic E-state index is 9.70. The summed E-state index contributed by atoms with van der Waals surface area (Å²) in [6.45, 7) is 4.06. The minimum absolute atomic E-state index is 0.0624. The molecule has 120 valence electrons. The summed E-state index contributed by atoms with van der Waals surface area (Å²) in [7, 11) is 1.50. The summed E-state index contributed by atoms with van der Waals surface area (Å²) in [6.07, 6.45) is 1.56. The van der Waals surface area contributed by atoms with Crippen LogP contribution in [0.15, 0.2) is 41.5 Å². The van der Waals surface area contributed by atoms with E-state index in [4.69, 9.17) is 17.0 Å². The van der Waals surface area contributed by atoms with Gasteiger partial charge in [-0.25, -0.2) is 0 Å². The van der Waals surface area contributed by atoms with Gasteiger partial charge in [-0.2, -0.15) is 5.10 Å². The molecular weight excluding hydrogens is 310 g/mol. The minimum atomic E-state index is 0.0624. The Kier molecular flexibility index (Phi) is 5.54. The molecule has 0 saturated heterocycles. The Bertz CT molecular complexity index is 745. The van der Waals surface area contributed by atoms with Crippen LogP contribution < -0.4 is 15.5 Å². The summed E-state index contributed by atoms with van der Waals surface area (Å²) >= 11 is 5.20. The molecule has 0 bridgehead atoms. The Morgan fingerprint density at radius 3 is 2.65 bits per heavy atom. The SMILES string of the molecule is COc1ccc(C=NNC(=S)Nc2ccc(C)cc2C)cc1O. The van der Waals surface area contributed by atoms with Crippen molar-refractivity contribution in [3.05, 3.63) is 53.1 Å². The van der Waals surface area contributed by atoms with Gasteiger partial charge in [-0.1, -0.05) is 17.7 Å². The molecule has 0 heterocycles. The molecule has 5 nitrogen and oxygen atoms in total. The van der Waals surface area contributed by atoms with Crippen molar-refractivity contribution < 1.29 is 9.84 Å². The van der Waals surface area contributed by atoms with Crippen molar-refractivity contribution in [2.24, 2.45) is 5.10 Å². The number of thiocarbonyl (C=S) groups is 1. The Hall–Kier alpha value is -2.60. The van der Waals surface area contributed by atoms with Crippen LogP contribution in [0.4, 0.5) is 5.69 Å². The molecule has 0 amide bonds. The van der Waals surface area contributed by atoms with E-state index in [9.17, 15) is 5.11 Å². The van der Waals surface area contributed by atoms with Gasteiger partial charge < -0.3 is 15.2 Å². The fourth-order valence-corrected chi connectivity index (χ4v) is 2.22. The number of hydrazone groups is 1. The molecule has 2 aromatic rings. The highest BCUT2D eigenvalue weighted by Crippen LogP contribution is 2.25. The molecule has 2 aromatic carbocycles. The van der Waals surface area contributed by atoms with Crippen LogP contribution in [0.5, 0.6) is 11.5 Å². The van der Waals surface area contributed by atoms with Gasteiger partial charge in [0.05, 0.1) is 13.3 Å². The van der Waals surface area contributed by atoms with Crippen molar-refractivity contribution in [3.63, 3.8) is 0 Å². The largest absolute Gasteiger partial charge is 0.504 e. The molecule has 0 aliphatic carbocycles. The van der Waals surface area contributed by atoms with Gasteiger partial charge in [-0.05, 0) is 61.5 Å². The van der Waals surface area contributed by atoms with Gasteiger partial charge >= 0.3 is 0 Å². The number of aromatic hydroxyl groups is 1. The fourth-order valence-electron chi connectivity index (χ4n) is 2.06. The van der Waals surface area contributed by atoms with E-state index >= 15 is 0 Å². The van der Waals surface area contributed by atoms with Gasteiger partial charge in [0.1, 0.15) is 0 Å². The van der Waals surface area contributed by atoms with Crippen LogP contribution >= 0.6 is 12.2 Å². The van der Waals surface area contributed by atoms with Crippen molar-refractivity contribution in [2.75, 3.05) is 12.4 Å².